The lowest BCUT2D eigenvalue weighted by Crippen LogP contribution is -2.27. The summed E-state index contributed by atoms with van der Waals surface area (Å²) in [5.74, 6) is 2.83. The van der Waals surface area contributed by atoms with Gasteiger partial charge in [0.25, 0.3) is 0 Å². The molecule has 3 aromatic rings. The number of benzene rings is 2. The minimum absolute atomic E-state index is 0.160. The number of aryl methyl sites for hydroxylation is 2. The zero-order valence-corrected chi connectivity index (χ0v) is 17.4. The second-order valence-corrected chi connectivity index (χ2v) is 7.55. The number of hydrogen-bond acceptors (Lipinski definition) is 5. The summed E-state index contributed by atoms with van der Waals surface area (Å²) in [7, 11) is 1.56. The van der Waals surface area contributed by atoms with Gasteiger partial charge in [0.15, 0.2) is 11.5 Å². The lowest BCUT2D eigenvalue weighted by atomic mass is 10.1. The standard InChI is InChI=1S/C24H28N4O2/c1-30-22-18-20(9-11-21(22)29)8-5-14-27-15-13-24-26-25-23(28(24)17-16-27)12-10-19-6-3-2-4-7-19/h2-9,11,18,29H,10,12-17H2,1H3. The molecule has 1 aliphatic heterocycles. The van der Waals surface area contributed by atoms with E-state index < -0.39 is 0 Å². The van der Waals surface area contributed by atoms with Gasteiger partial charge in [0, 0.05) is 39.0 Å². The smallest absolute Gasteiger partial charge is 0.161 e. The zero-order valence-electron chi connectivity index (χ0n) is 17.4. The van der Waals surface area contributed by atoms with E-state index in [1.54, 1.807) is 13.2 Å². The Kier molecular flexibility index (Phi) is 6.44. The number of fused-ring (bicyclic) bond motifs is 1. The van der Waals surface area contributed by atoms with Crippen molar-refractivity contribution in [2.24, 2.45) is 0 Å². The molecule has 0 saturated carbocycles. The van der Waals surface area contributed by atoms with E-state index in [1.165, 1.54) is 5.56 Å². The van der Waals surface area contributed by atoms with Crippen molar-refractivity contribution in [1.82, 2.24) is 19.7 Å². The Hall–Kier alpha value is -3.12. The van der Waals surface area contributed by atoms with E-state index >= 15 is 0 Å². The van der Waals surface area contributed by atoms with Crippen LogP contribution in [-0.2, 0) is 25.8 Å². The molecule has 2 aromatic carbocycles. The largest absolute Gasteiger partial charge is 0.504 e. The summed E-state index contributed by atoms with van der Waals surface area (Å²) < 4.78 is 7.48. The molecule has 6 heteroatoms. The number of methoxy groups -OCH3 is 1. The molecular weight excluding hydrogens is 376 g/mol. The average Bonchev–Trinajstić information content (AvgIpc) is 3.05. The maximum absolute atomic E-state index is 9.72. The van der Waals surface area contributed by atoms with Crippen molar-refractivity contribution in [3.8, 4) is 11.5 Å². The van der Waals surface area contributed by atoms with Crippen LogP contribution >= 0.6 is 0 Å². The summed E-state index contributed by atoms with van der Waals surface area (Å²) in [6.45, 7) is 3.75. The molecular formula is C24H28N4O2. The van der Waals surface area contributed by atoms with Crippen molar-refractivity contribution in [3.63, 3.8) is 0 Å². The summed E-state index contributed by atoms with van der Waals surface area (Å²) in [6.07, 6.45) is 7.05. The third-order valence-corrected chi connectivity index (χ3v) is 5.55. The highest BCUT2D eigenvalue weighted by atomic mass is 16.5. The van der Waals surface area contributed by atoms with Crippen molar-refractivity contribution >= 4 is 6.08 Å². The van der Waals surface area contributed by atoms with Gasteiger partial charge in [-0.15, -0.1) is 10.2 Å². The zero-order chi connectivity index (χ0) is 20.8. The van der Waals surface area contributed by atoms with Crippen LogP contribution in [0, 0.1) is 0 Å². The fourth-order valence-electron chi connectivity index (χ4n) is 3.83. The first kappa shape index (κ1) is 20.2. The molecule has 156 valence electrons. The maximum Gasteiger partial charge on any atom is 0.161 e. The summed E-state index contributed by atoms with van der Waals surface area (Å²) in [4.78, 5) is 2.43. The number of phenolic OH excluding ortho intramolecular Hbond substituents is 1. The molecule has 1 aliphatic rings. The number of hydrogen-bond donors (Lipinski definition) is 1. The van der Waals surface area contributed by atoms with Gasteiger partial charge < -0.3 is 14.4 Å². The third-order valence-electron chi connectivity index (χ3n) is 5.55. The molecule has 0 radical (unpaired) electrons. The Balaban J connectivity index is 1.33. The predicted molar refractivity (Wildman–Crippen MR) is 118 cm³/mol. The van der Waals surface area contributed by atoms with E-state index in [-0.39, 0.29) is 5.75 Å². The fraction of sp³-hybridized carbons (Fsp3) is 0.333. The number of ether oxygens (including phenoxy) is 1. The normalized spacial score (nSPS) is 14.6. The Bertz CT molecular complexity index is 998. The molecule has 0 saturated heterocycles. The monoisotopic (exact) mass is 404 g/mol. The van der Waals surface area contributed by atoms with Crippen LogP contribution in [0.1, 0.15) is 22.8 Å². The first-order valence-electron chi connectivity index (χ1n) is 10.4. The van der Waals surface area contributed by atoms with Gasteiger partial charge in [-0.1, -0.05) is 48.6 Å². The van der Waals surface area contributed by atoms with Gasteiger partial charge in [-0.05, 0) is 29.7 Å². The predicted octanol–water partition coefficient (Wildman–Crippen LogP) is 3.35. The van der Waals surface area contributed by atoms with Gasteiger partial charge in [-0.2, -0.15) is 0 Å². The highest BCUT2D eigenvalue weighted by Crippen LogP contribution is 2.26. The summed E-state index contributed by atoms with van der Waals surface area (Å²) in [5.41, 5.74) is 2.35. The number of rotatable bonds is 7. The lowest BCUT2D eigenvalue weighted by molar-refractivity contribution is 0.308. The quantitative estimate of drug-likeness (QED) is 0.654. The molecule has 0 amide bonds. The van der Waals surface area contributed by atoms with Gasteiger partial charge in [0.2, 0.25) is 0 Å². The van der Waals surface area contributed by atoms with Crippen LogP contribution in [0.3, 0.4) is 0 Å². The Labute approximate surface area is 177 Å². The Morgan fingerprint density at radius 2 is 1.90 bits per heavy atom. The Morgan fingerprint density at radius 3 is 2.73 bits per heavy atom. The van der Waals surface area contributed by atoms with Crippen molar-refractivity contribution in [2.75, 3.05) is 26.7 Å². The molecule has 2 heterocycles. The summed E-state index contributed by atoms with van der Waals surface area (Å²) in [6, 6.07) is 15.9. The fourth-order valence-corrected chi connectivity index (χ4v) is 3.83. The van der Waals surface area contributed by atoms with E-state index in [1.807, 2.05) is 18.2 Å². The van der Waals surface area contributed by atoms with Gasteiger partial charge in [0.05, 0.1) is 7.11 Å². The molecule has 0 fully saturated rings. The summed E-state index contributed by atoms with van der Waals surface area (Å²) >= 11 is 0. The van der Waals surface area contributed by atoms with Crippen LogP contribution in [0.4, 0.5) is 0 Å². The second kappa shape index (κ2) is 9.59. The highest BCUT2D eigenvalue weighted by Gasteiger charge is 2.17. The average molecular weight is 405 g/mol. The third kappa shape index (κ3) is 4.89. The van der Waals surface area contributed by atoms with Crippen molar-refractivity contribution in [1.29, 1.82) is 0 Å². The number of aromatic nitrogens is 3. The van der Waals surface area contributed by atoms with Gasteiger partial charge in [-0.25, -0.2) is 0 Å². The first-order valence-corrected chi connectivity index (χ1v) is 10.4. The molecule has 0 aliphatic carbocycles. The van der Waals surface area contributed by atoms with E-state index in [0.717, 1.165) is 62.7 Å². The highest BCUT2D eigenvalue weighted by molar-refractivity contribution is 5.55. The molecule has 0 atom stereocenters. The van der Waals surface area contributed by atoms with Gasteiger partial charge in [0.1, 0.15) is 11.6 Å². The van der Waals surface area contributed by atoms with Crippen molar-refractivity contribution in [3.05, 3.63) is 77.4 Å². The summed E-state index contributed by atoms with van der Waals surface area (Å²) in [5, 5.41) is 18.6. The molecule has 4 rings (SSSR count). The van der Waals surface area contributed by atoms with Gasteiger partial charge in [-0.3, -0.25) is 4.90 Å². The number of nitrogens with zero attached hydrogens (tertiary/aromatic N) is 4. The maximum atomic E-state index is 9.72. The van der Waals surface area contributed by atoms with Crippen LogP contribution in [0.2, 0.25) is 0 Å². The van der Waals surface area contributed by atoms with Crippen molar-refractivity contribution in [2.45, 2.75) is 25.8 Å². The molecule has 30 heavy (non-hydrogen) atoms. The van der Waals surface area contributed by atoms with Crippen LogP contribution in [0.15, 0.2) is 54.6 Å². The molecule has 1 aromatic heterocycles. The van der Waals surface area contributed by atoms with Crippen LogP contribution in [0.5, 0.6) is 11.5 Å². The Morgan fingerprint density at radius 1 is 1.03 bits per heavy atom. The number of phenols is 1. The lowest BCUT2D eigenvalue weighted by Gasteiger charge is -2.17. The minimum atomic E-state index is 0.160. The number of aromatic hydroxyl groups is 1. The molecule has 0 unspecified atom stereocenters. The van der Waals surface area contributed by atoms with E-state index in [0.29, 0.717) is 5.75 Å². The molecule has 1 N–H and O–H groups in total. The van der Waals surface area contributed by atoms with E-state index in [4.69, 9.17) is 4.74 Å². The van der Waals surface area contributed by atoms with Crippen molar-refractivity contribution < 1.29 is 9.84 Å². The minimum Gasteiger partial charge on any atom is -0.504 e. The second-order valence-electron chi connectivity index (χ2n) is 7.55. The van der Waals surface area contributed by atoms with E-state index in [2.05, 4.69) is 56.1 Å². The first-order chi connectivity index (χ1) is 14.7. The van der Waals surface area contributed by atoms with Crippen LogP contribution < -0.4 is 4.74 Å². The SMILES string of the molecule is COc1cc(C=CCN2CCc3nnc(CCc4ccccc4)n3CC2)ccc1O. The topological polar surface area (TPSA) is 63.4 Å². The molecule has 6 nitrogen and oxygen atoms in total. The van der Waals surface area contributed by atoms with Crippen LogP contribution in [-0.4, -0.2) is 51.5 Å². The molecule has 0 spiro atoms. The molecule has 0 bridgehead atoms. The van der Waals surface area contributed by atoms with Gasteiger partial charge >= 0.3 is 0 Å². The van der Waals surface area contributed by atoms with E-state index in [9.17, 15) is 5.11 Å². The van der Waals surface area contributed by atoms with Crippen LogP contribution in [0.25, 0.3) is 6.08 Å².